The molecule has 0 saturated heterocycles. The fourth-order valence-electron chi connectivity index (χ4n) is 9.14. The van der Waals surface area contributed by atoms with E-state index in [-0.39, 0.29) is 5.48 Å². The molecular formula is C48H26GaN8O. The quantitative estimate of drug-likeness (QED) is 0.138. The van der Waals surface area contributed by atoms with E-state index in [0.29, 0.717) is 23.3 Å². The molecule has 8 aromatic carbocycles. The van der Waals surface area contributed by atoms with Gasteiger partial charge in [0.2, 0.25) is 0 Å². The predicted octanol–water partition coefficient (Wildman–Crippen LogP) is 8.26. The third kappa shape index (κ3) is 4.30. The number of rotatable bonds is 0. The van der Waals surface area contributed by atoms with Crippen LogP contribution in [-0.4, -0.2) is 53.3 Å². The molecule has 10 heteroatoms. The number of nitrogens with zero attached hydrogens (tertiary/aromatic N) is 8. The van der Waals surface area contributed by atoms with E-state index in [1.807, 2.05) is 0 Å². The van der Waals surface area contributed by atoms with Crippen molar-refractivity contribution in [1.82, 2.24) is 6.55 Å². The van der Waals surface area contributed by atoms with Gasteiger partial charge in [0, 0.05) is 0 Å². The van der Waals surface area contributed by atoms with Crippen LogP contribution in [0, 0.1) is 0 Å². The number of benzene rings is 8. The first-order valence-electron chi connectivity index (χ1n) is 19.0. The molecule has 9 nitrogen and oxygen atoms in total. The van der Waals surface area contributed by atoms with Crippen molar-refractivity contribution in [3.63, 3.8) is 0 Å². The predicted molar refractivity (Wildman–Crippen MR) is 235 cm³/mol. The standard InChI is InChI=1S/C48H24N8.Ga.H2O/c1-2-10-26-18-34-33(17-25(26)9-1)41-49-42(34)54-44-37-21-29-13-5-6-14-30(29)22-38(37)46(51-44)56-48-40-24-32-16-8-7-15-31(32)23-39(40)47(52-48)55-45-36-20-28-12-4-3-11-27(28)19-35(36)43(50-45)53-41;;/h1-24H;;1H2/q-2;+2;. The molecule has 4 aliphatic heterocycles. The summed E-state index contributed by atoms with van der Waals surface area (Å²) in [7, 11) is 0. The van der Waals surface area contributed by atoms with Crippen LogP contribution in [0.4, 0.5) is 11.6 Å². The third-order valence-electron chi connectivity index (χ3n) is 11.9. The van der Waals surface area contributed by atoms with Gasteiger partial charge in [-0.25, -0.2) is 0 Å². The van der Waals surface area contributed by atoms with Gasteiger partial charge in [0.25, 0.3) is 0 Å². The monoisotopic (exact) mass is 799 g/mol. The summed E-state index contributed by atoms with van der Waals surface area (Å²) in [5.74, 6) is 4.32. The molecule has 6 bridgehead atoms. The topological polar surface area (TPSA) is 116 Å². The second-order valence-corrected chi connectivity index (χ2v) is 17.7. The Labute approximate surface area is 336 Å². The summed E-state index contributed by atoms with van der Waals surface area (Å²) >= 11 is -1.77. The molecule has 2 aromatic heterocycles. The van der Waals surface area contributed by atoms with Crippen molar-refractivity contribution in [1.29, 1.82) is 0 Å². The molecule has 0 aliphatic carbocycles. The van der Waals surface area contributed by atoms with Gasteiger partial charge >= 0.3 is 333 Å². The fourth-order valence-corrected chi connectivity index (χ4v) is 12.2. The van der Waals surface area contributed by atoms with Crippen LogP contribution in [0.15, 0.2) is 176 Å². The zero-order valence-electron chi connectivity index (χ0n) is 30.5. The molecule has 6 heterocycles. The second kappa shape index (κ2) is 11.4. The first-order valence-corrected chi connectivity index (χ1v) is 21.2. The Morgan fingerprint density at radius 3 is 0.948 bits per heavy atom. The van der Waals surface area contributed by atoms with Crippen molar-refractivity contribution in [3.05, 3.63) is 179 Å². The molecule has 14 rings (SSSR count). The van der Waals surface area contributed by atoms with E-state index in [4.69, 9.17) is 30.0 Å². The minimum atomic E-state index is -1.77. The van der Waals surface area contributed by atoms with Gasteiger partial charge in [-0.1, -0.05) is 0 Å². The van der Waals surface area contributed by atoms with Crippen LogP contribution in [0.2, 0.25) is 0 Å². The van der Waals surface area contributed by atoms with Crippen LogP contribution in [0.3, 0.4) is 0 Å². The summed E-state index contributed by atoms with van der Waals surface area (Å²) in [5.41, 5.74) is 5.58. The zero-order valence-corrected chi connectivity index (χ0v) is 32.9. The van der Waals surface area contributed by atoms with Gasteiger partial charge in [0.05, 0.1) is 0 Å². The van der Waals surface area contributed by atoms with Crippen molar-refractivity contribution >= 4 is 118 Å². The Bertz CT molecular complexity index is 3610. The van der Waals surface area contributed by atoms with Crippen molar-refractivity contribution in [2.24, 2.45) is 30.0 Å². The van der Waals surface area contributed by atoms with Gasteiger partial charge in [-0.3, -0.25) is 0 Å². The van der Waals surface area contributed by atoms with Crippen LogP contribution in [0.5, 0.6) is 0 Å². The van der Waals surface area contributed by atoms with Gasteiger partial charge in [-0.05, 0) is 0 Å². The normalized spacial score (nSPS) is 14.6. The van der Waals surface area contributed by atoms with E-state index in [1.165, 1.54) is 0 Å². The van der Waals surface area contributed by atoms with E-state index in [1.54, 1.807) is 0 Å². The molecule has 1 radical (unpaired) electrons. The Morgan fingerprint density at radius 2 is 0.603 bits per heavy atom. The van der Waals surface area contributed by atoms with Gasteiger partial charge in [-0.2, -0.15) is 0 Å². The fraction of sp³-hybridized carbons (Fsp3) is 0. The molecular weight excluding hydrogens is 774 g/mol. The molecule has 0 saturated carbocycles. The van der Waals surface area contributed by atoms with Gasteiger partial charge in [0.1, 0.15) is 0 Å². The van der Waals surface area contributed by atoms with Gasteiger partial charge in [0.15, 0.2) is 0 Å². The number of aromatic nitrogens is 2. The van der Waals surface area contributed by atoms with E-state index in [9.17, 15) is 0 Å². The average Bonchev–Trinajstić information content (AvgIpc) is 3.93. The van der Waals surface area contributed by atoms with E-state index >= 15 is 0 Å². The maximum atomic E-state index is 5.56. The maximum absolute atomic E-state index is 5.56. The molecule has 2 N–H and O–H groups in total. The summed E-state index contributed by atoms with van der Waals surface area (Å²) in [6, 6.07) is 51.9. The first-order chi connectivity index (χ1) is 28.2. The molecule has 4 aliphatic rings. The van der Waals surface area contributed by atoms with Crippen molar-refractivity contribution in [3.8, 4) is 0 Å². The number of hydrogen-bond donors (Lipinski definition) is 0. The Morgan fingerprint density at radius 1 is 0.310 bits per heavy atom. The zero-order chi connectivity index (χ0) is 36.9. The molecule has 0 atom stereocenters. The number of aliphatic imine (C=N–C) groups is 4. The Balaban J connectivity index is 0.00000350. The number of amidine groups is 4. The Hall–Kier alpha value is -7.24. The third-order valence-corrected chi connectivity index (χ3v) is 14.9. The van der Waals surface area contributed by atoms with E-state index in [0.717, 1.165) is 109 Å². The minimum absolute atomic E-state index is 0. The molecule has 0 unspecified atom stereocenters. The van der Waals surface area contributed by atoms with Crippen molar-refractivity contribution < 1.29 is 5.48 Å². The summed E-state index contributed by atoms with van der Waals surface area (Å²) < 4.78 is 4.76. The molecule has 58 heavy (non-hydrogen) atoms. The van der Waals surface area contributed by atoms with Gasteiger partial charge in [-0.15, -0.1) is 0 Å². The number of fused-ring (bicyclic) bond motifs is 18. The number of hydrogen-bond acceptors (Lipinski definition) is 6. The summed E-state index contributed by atoms with van der Waals surface area (Å²) in [4.78, 5) is 32.8. The van der Waals surface area contributed by atoms with Crippen molar-refractivity contribution in [2.75, 3.05) is 0 Å². The Kier molecular flexibility index (Phi) is 6.28. The molecule has 0 amide bonds. The van der Waals surface area contributed by atoms with E-state index < -0.39 is 17.9 Å². The van der Waals surface area contributed by atoms with Crippen LogP contribution in [0.1, 0.15) is 22.3 Å². The van der Waals surface area contributed by atoms with Crippen LogP contribution >= 0.6 is 0 Å². The average molecular weight is 801 g/mol. The molecule has 0 spiro atoms. The van der Waals surface area contributed by atoms with Crippen molar-refractivity contribution in [2.45, 2.75) is 0 Å². The molecule has 267 valence electrons. The second-order valence-electron chi connectivity index (χ2n) is 15.1. The van der Waals surface area contributed by atoms with E-state index in [2.05, 4.69) is 152 Å². The van der Waals surface area contributed by atoms with Crippen LogP contribution < -0.4 is 11.0 Å². The summed E-state index contributed by atoms with van der Waals surface area (Å²) in [6.07, 6.45) is 0. The van der Waals surface area contributed by atoms with Gasteiger partial charge < -0.3 is 5.48 Å². The van der Waals surface area contributed by atoms with Crippen LogP contribution in [0.25, 0.3) is 64.6 Å². The summed E-state index contributed by atoms with van der Waals surface area (Å²) in [6.45, 7) is 0. The summed E-state index contributed by atoms with van der Waals surface area (Å²) in [5, 5.41) is 13.3. The molecule has 0 fully saturated rings. The van der Waals surface area contributed by atoms with Crippen LogP contribution in [-0.2, 0) is 0 Å². The molecule has 10 aromatic rings. The SMILES string of the molecule is O.c1ccc2cc3c(cc2c1)C1=NC3=Nc2c3cc4ccccc4cc3c3[n]2[Ga][n]2c(c4cc5ccccc5cc4c2=NC2=NC(=N3)c3cc4ccccc4cc32)=N1. The first kappa shape index (κ1) is 31.9.